The molecule has 48 heavy (non-hydrogen) atoms. The fourth-order valence-corrected chi connectivity index (χ4v) is 8.94. The van der Waals surface area contributed by atoms with Gasteiger partial charge in [0.1, 0.15) is 0 Å². The summed E-state index contributed by atoms with van der Waals surface area (Å²) < 4.78 is 0. The number of hydrogen-bond donors (Lipinski definition) is 0. The molecule has 0 spiro atoms. The normalized spacial score (nSPS) is 16.6. The number of rotatable bonds is 5. The van der Waals surface area contributed by atoms with Gasteiger partial charge in [0.05, 0.1) is 5.41 Å². The van der Waals surface area contributed by atoms with Gasteiger partial charge in [-0.3, -0.25) is 0 Å². The Hall–Kier alpha value is -5.46. The van der Waals surface area contributed by atoms with Crippen molar-refractivity contribution in [3.63, 3.8) is 0 Å². The molecule has 0 heterocycles. The zero-order chi connectivity index (χ0) is 32.5. The highest BCUT2D eigenvalue weighted by Gasteiger charge is 2.46. The molecule has 0 radical (unpaired) electrons. The van der Waals surface area contributed by atoms with E-state index in [4.69, 9.17) is 0 Å². The second-order valence-corrected chi connectivity index (χ2v) is 14.1. The van der Waals surface area contributed by atoms with Crippen LogP contribution in [0.15, 0.2) is 164 Å². The molecular formula is C48H38. The van der Waals surface area contributed by atoms with Gasteiger partial charge in [0.25, 0.3) is 0 Å². The molecule has 0 saturated carbocycles. The minimum Gasteiger partial charge on any atom is -0.0622 e. The van der Waals surface area contributed by atoms with Crippen molar-refractivity contribution in [3.05, 3.63) is 214 Å². The standard InChI is InChI=1S/C48H38/c1-32-14-12-21-40-39-20-10-11-22-42(39)48(46(32)40,37-18-8-5-9-19-37)38-27-24-33(25-28-38)30-36-17-13-23-43-45(36)41-29-26-35(31-44(41)47(43,2)3)34-15-6-4-7-16-34/h4-29,31H,30H2,1-3H3. The van der Waals surface area contributed by atoms with Crippen molar-refractivity contribution in [1.29, 1.82) is 0 Å². The van der Waals surface area contributed by atoms with Gasteiger partial charge in [-0.1, -0.05) is 172 Å². The number of fused-ring (bicyclic) bond motifs is 6. The number of aryl methyl sites for hydroxylation is 1. The van der Waals surface area contributed by atoms with Crippen molar-refractivity contribution in [2.45, 2.75) is 38.0 Å². The average molecular weight is 615 g/mol. The Morgan fingerprint density at radius 2 is 1.10 bits per heavy atom. The van der Waals surface area contributed by atoms with Crippen molar-refractivity contribution in [2.75, 3.05) is 0 Å². The van der Waals surface area contributed by atoms with Gasteiger partial charge in [-0.25, -0.2) is 0 Å². The first-order valence-corrected chi connectivity index (χ1v) is 17.2. The minimum atomic E-state index is -0.371. The molecule has 7 aromatic rings. The summed E-state index contributed by atoms with van der Waals surface area (Å²) in [6.45, 7) is 7.04. The van der Waals surface area contributed by atoms with E-state index in [2.05, 4.69) is 185 Å². The van der Waals surface area contributed by atoms with Crippen molar-refractivity contribution in [1.82, 2.24) is 0 Å². The van der Waals surface area contributed by atoms with E-state index >= 15 is 0 Å². The van der Waals surface area contributed by atoms with Crippen LogP contribution < -0.4 is 0 Å². The third-order valence-electron chi connectivity index (χ3n) is 11.2. The summed E-state index contributed by atoms with van der Waals surface area (Å²) in [6, 6.07) is 61.2. The fraction of sp³-hybridized carbons (Fsp3) is 0.125. The molecule has 0 aliphatic heterocycles. The molecule has 2 aliphatic carbocycles. The molecule has 0 N–H and O–H groups in total. The van der Waals surface area contributed by atoms with E-state index < -0.39 is 0 Å². The van der Waals surface area contributed by atoms with Crippen molar-refractivity contribution in [2.24, 2.45) is 0 Å². The summed E-state index contributed by atoms with van der Waals surface area (Å²) in [5.41, 5.74) is 19.9. The molecule has 0 nitrogen and oxygen atoms in total. The molecule has 9 rings (SSSR count). The maximum absolute atomic E-state index is 2.42. The lowest BCUT2D eigenvalue weighted by Gasteiger charge is -2.35. The minimum absolute atomic E-state index is 0.0570. The zero-order valence-corrected chi connectivity index (χ0v) is 27.8. The van der Waals surface area contributed by atoms with Crippen LogP contribution in [0.2, 0.25) is 0 Å². The maximum atomic E-state index is 2.42. The Bertz CT molecular complexity index is 2320. The first kappa shape index (κ1) is 28.7. The van der Waals surface area contributed by atoms with Crippen LogP contribution in [0.25, 0.3) is 33.4 Å². The van der Waals surface area contributed by atoms with Crippen molar-refractivity contribution < 1.29 is 0 Å². The van der Waals surface area contributed by atoms with Gasteiger partial charge in [0, 0.05) is 5.41 Å². The average Bonchev–Trinajstić information content (AvgIpc) is 3.57. The highest BCUT2D eigenvalue weighted by Crippen LogP contribution is 2.57. The molecule has 0 heteroatoms. The van der Waals surface area contributed by atoms with Gasteiger partial charge in [-0.2, -0.15) is 0 Å². The molecule has 7 aromatic carbocycles. The highest BCUT2D eigenvalue weighted by molar-refractivity contribution is 5.88. The van der Waals surface area contributed by atoms with Crippen LogP contribution in [-0.4, -0.2) is 0 Å². The number of benzene rings is 7. The summed E-state index contributed by atoms with van der Waals surface area (Å²) >= 11 is 0. The van der Waals surface area contributed by atoms with Crippen LogP contribution in [0, 0.1) is 6.92 Å². The molecule has 0 amide bonds. The van der Waals surface area contributed by atoms with Gasteiger partial charge in [0.2, 0.25) is 0 Å². The summed E-state index contributed by atoms with van der Waals surface area (Å²) in [6.07, 6.45) is 0.893. The van der Waals surface area contributed by atoms with Gasteiger partial charge in [-0.05, 0) is 103 Å². The second kappa shape index (κ2) is 10.8. The van der Waals surface area contributed by atoms with Crippen LogP contribution in [0.5, 0.6) is 0 Å². The first-order valence-electron chi connectivity index (χ1n) is 17.2. The van der Waals surface area contributed by atoms with Gasteiger partial charge >= 0.3 is 0 Å². The molecule has 1 unspecified atom stereocenters. The van der Waals surface area contributed by atoms with E-state index in [1.54, 1.807) is 0 Å². The monoisotopic (exact) mass is 614 g/mol. The Morgan fingerprint density at radius 1 is 0.458 bits per heavy atom. The van der Waals surface area contributed by atoms with Gasteiger partial charge in [-0.15, -0.1) is 0 Å². The molecule has 0 aromatic heterocycles. The quantitative estimate of drug-likeness (QED) is 0.181. The first-order chi connectivity index (χ1) is 23.5. The predicted octanol–water partition coefficient (Wildman–Crippen LogP) is 11.9. The topological polar surface area (TPSA) is 0 Å². The Labute approximate surface area is 284 Å². The van der Waals surface area contributed by atoms with E-state index in [-0.39, 0.29) is 10.8 Å². The Balaban J connectivity index is 1.15. The summed E-state index contributed by atoms with van der Waals surface area (Å²) in [4.78, 5) is 0. The smallest absolute Gasteiger partial charge is 0.0622 e. The van der Waals surface area contributed by atoms with E-state index in [9.17, 15) is 0 Å². The largest absolute Gasteiger partial charge is 0.0716 e. The molecule has 230 valence electrons. The van der Waals surface area contributed by atoms with Gasteiger partial charge in [0.15, 0.2) is 0 Å². The van der Waals surface area contributed by atoms with Crippen molar-refractivity contribution >= 4 is 0 Å². The fourth-order valence-electron chi connectivity index (χ4n) is 8.94. The van der Waals surface area contributed by atoms with E-state index in [1.807, 2.05) is 0 Å². The summed E-state index contributed by atoms with van der Waals surface area (Å²) in [5.74, 6) is 0. The highest BCUT2D eigenvalue weighted by atomic mass is 14.5. The molecule has 2 aliphatic rings. The predicted molar refractivity (Wildman–Crippen MR) is 201 cm³/mol. The third-order valence-corrected chi connectivity index (χ3v) is 11.2. The lowest BCUT2D eigenvalue weighted by atomic mass is 9.66. The van der Waals surface area contributed by atoms with Crippen LogP contribution >= 0.6 is 0 Å². The second-order valence-electron chi connectivity index (χ2n) is 14.1. The molecule has 0 fully saturated rings. The van der Waals surface area contributed by atoms with E-state index in [1.165, 1.54) is 83.5 Å². The van der Waals surface area contributed by atoms with Crippen LogP contribution in [0.4, 0.5) is 0 Å². The SMILES string of the molecule is Cc1cccc2c1C(c1ccccc1)(c1ccc(Cc3cccc4c3-c3ccc(-c5ccccc5)cc3C4(C)C)cc1)c1ccccc1-2. The maximum Gasteiger partial charge on any atom is 0.0716 e. The Kier molecular flexibility index (Phi) is 6.46. The Morgan fingerprint density at radius 3 is 1.90 bits per heavy atom. The van der Waals surface area contributed by atoms with Gasteiger partial charge < -0.3 is 0 Å². The number of hydrogen-bond acceptors (Lipinski definition) is 0. The zero-order valence-electron chi connectivity index (χ0n) is 27.8. The van der Waals surface area contributed by atoms with E-state index in [0.717, 1.165) is 6.42 Å². The van der Waals surface area contributed by atoms with Crippen LogP contribution in [0.3, 0.4) is 0 Å². The van der Waals surface area contributed by atoms with E-state index in [0.29, 0.717) is 0 Å². The molecular weight excluding hydrogens is 577 g/mol. The summed E-state index contributed by atoms with van der Waals surface area (Å²) in [7, 11) is 0. The molecule has 0 bridgehead atoms. The lowest BCUT2D eigenvalue weighted by molar-refractivity contribution is 0.660. The van der Waals surface area contributed by atoms with Crippen LogP contribution in [0.1, 0.15) is 63.9 Å². The molecule has 0 saturated heterocycles. The summed E-state index contributed by atoms with van der Waals surface area (Å²) in [5, 5.41) is 0. The van der Waals surface area contributed by atoms with Crippen molar-refractivity contribution in [3.8, 4) is 33.4 Å². The lowest BCUT2D eigenvalue weighted by Crippen LogP contribution is -2.29. The third kappa shape index (κ3) is 4.09. The molecule has 1 atom stereocenters. The van der Waals surface area contributed by atoms with Crippen LogP contribution in [-0.2, 0) is 17.3 Å².